The van der Waals surface area contributed by atoms with Crippen molar-refractivity contribution in [3.63, 3.8) is 0 Å². The molecule has 1 aromatic carbocycles. The first-order chi connectivity index (χ1) is 13.1. The molecule has 2 saturated heterocycles. The molecule has 2 fully saturated rings. The summed E-state index contributed by atoms with van der Waals surface area (Å²) in [5, 5.41) is 2.96. The number of carbonyl (C=O) groups is 3. The number of carbonyl (C=O) groups excluding carboxylic acids is 3. The van der Waals surface area contributed by atoms with Crippen LogP contribution in [-0.2, 0) is 14.3 Å². The van der Waals surface area contributed by atoms with Crippen LogP contribution >= 0.6 is 0 Å². The van der Waals surface area contributed by atoms with Gasteiger partial charge in [0.05, 0.1) is 11.3 Å². The van der Waals surface area contributed by atoms with Crippen molar-refractivity contribution in [2.45, 2.75) is 31.7 Å². The van der Waals surface area contributed by atoms with E-state index >= 15 is 0 Å². The number of benzene rings is 1. The van der Waals surface area contributed by atoms with Crippen molar-refractivity contribution >= 4 is 23.4 Å². The molecule has 1 atom stereocenters. The lowest BCUT2D eigenvalue weighted by atomic mass is 10.0. The summed E-state index contributed by atoms with van der Waals surface area (Å²) in [5.41, 5.74) is 1.02. The van der Waals surface area contributed by atoms with Crippen LogP contribution in [-0.4, -0.2) is 61.5 Å². The van der Waals surface area contributed by atoms with Gasteiger partial charge in [0.1, 0.15) is 12.6 Å². The van der Waals surface area contributed by atoms with E-state index in [4.69, 9.17) is 4.74 Å². The van der Waals surface area contributed by atoms with E-state index in [1.807, 2.05) is 0 Å². The molecule has 4 rings (SSSR count). The van der Waals surface area contributed by atoms with E-state index in [-0.39, 0.29) is 24.3 Å². The molecule has 0 spiro atoms. The Kier molecular flexibility index (Phi) is 5.11. The number of fused-ring (bicyclic) bond motifs is 2. The molecule has 1 N–H and O–H groups in total. The van der Waals surface area contributed by atoms with Gasteiger partial charge in [-0.3, -0.25) is 14.4 Å². The zero-order valence-corrected chi connectivity index (χ0v) is 15.4. The number of nitrogens with one attached hydrogen (secondary N) is 1. The quantitative estimate of drug-likeness (QED) is 0.862. The molecule has 0 saturated carbocycles. The number of ether oxygens (including phenoxy) is 1. The minimum absolute atomic E-state index is 0.0588. The molecule has 3 aliphatic rings. The van der Waals surface area contributed by atoms with Gasteiger partial charge in [0.2, 0.25) is 11.8 Å². The second-order valence-corrected chi connectivity index (χ2v) is 7.46. The third kappa shape index (κ3) is 3.56. The standard InChI is InChI=1S/C20H25N3O4/c24-18(21-12-14-7-10-27-11-8-14)13-23-16-5-2-1-4-15(16)19(25)22-9-3-6-17(22)20(23)26/h1-2,4-5,14,17H,3,6-13H2,(H,21,24)/t17-/m0/s1. The Labute approximate surface area is 158 Å². The van der Waals surface area contributed by atoms with Gasteiger partial charge in [-0.15, -0.1) is 0 Å². The molecule has 3 aliphatic heterocycles. The molecule has 0 radical (unpaired) electrons. The van der Waals surface area contributed by atoms with Crippen molar-refractivity contribution in [1.82, 2.24) is 10.2 Å². The van der Waals surface area contributed by atoms with Gasteiger partial charge < -0.3 is 19.9 Å². The SMILES string of the molecule is O=C(CN1C(=O)[C@@H]2CCCN2C(=O)c2ccccc21)NCC1CCOCC1. The van der Waals surface area contributed by atoms with Crippen LogP contribution < -0.4 is 10.2 Å². The van der Waals surface area contributed by atoms with E-state index in [1.54, 1.807) is 29.2 Å². The van der Waals surface area contributed by atoms with Crippen molar-refractivity contribution < 1.29 is 19.1 Å². The van der Waals surface area contributed by atoms with Gasteiger partial charge in [0, 0.05) is 26.3 Å². The lowest BCUT2D eigenvalue weighted by molar-refractivity contribution is -0.125. The maximum Gasteiger partial charge on any atom is 0.256 e. The van der Waals surface area contributed by atoms with E-state index < -0.39 is 6.04 Å². The van der Waals surface area contributed by atoms with Crippen LogP contribution in [0.3, 0.4) is 0 Å². The van der Waals surface area contributed by atoms with Crippen molar-refractivity contribution in [2.75, 3.05) is 37.7 Å². The Bertz CT molecular complexity index is 744. The minimum Gasteiger partial charge on any atom is -0.381 e. The van der Waals surface area contributed by atoms with Gasteiger partial charge in [-0.25, -0.2) is 0 Å². The average molecular weight is 371 g/mol. The summed E-state index contributed by atoms with van der Waals surface area (Å²) in [6, 6.07) is 6.61. The third-order valence-corrected chi connectivity index (χ3v) is 5.72. The fourth-order valence-electron chi connectivity index (χ4n) is 4.18. The number of hydrogen-bond acceptors (Lipinski definition) is 4. The third-order valence-electron chi connectivity index (χ3n) is 5.72. The highest BCUT2D eigenvalue weighted by atomic mass is 16.5. The van der Waals surface area contributed by atoms with Gasteiger partial charge >= 0.3 is 0 Å². The average Bonchev–Trinajstić information content (AvgIpc) is 3.17. The number of hydrogen-bond donors (Lipinski definition) is 1. The predicted molar refractivity (Wildman–Crippen MR) is 99.4 cm³/mol. The number of nitrogens with zero attached hydrogens (tertiary/aromatic N) is 2. The lowest BCUT2D eigenvalue weighted by Gasteiger charge is -2.26. The smallest absolute Gasteiger partial charge is 0.256 e. The van der Waals surface area contributed by atoms with Gasteiger partial charge in [-0.05, 0) is 43.7 Å². The summed E-state index contributed by atoms with van der Waals surface area (Å²) in [4.78, 5) is 41.7. The zero-order chi connectivity index (χ0) is 18.8. The topological polar surface area (TPSA) is 79.0 Å². The Morgan fingerprint density at radius 3 is 2.74 bits per heavy atom. The molecule has 1 aromatic rings. The van der Waals surface area contributed by atoms with Crippen molar-refractivity contribution in [2.24, 2.45) is 5.92 Å². The number of rotatable bonds is 4. The minimum atomic E-state index is -0.465. The second kappa shape index (κ2) is 7.68. The maximum absolute atomic E-state index is 13.1. The summed E-state index contributed by atoms with van der Waals surface area (Å²) >= 11 is 0. The van der Waals surface area contributed by atoms with Crippen LogP contribution in [0.5, 0.6) is 0 Å². The van der Waals surface area contributed by atoms with Crippen molar-refractivity contribution in [3.05, 3.63) is 29.8 Å². The Morgan fingerprint density at radius 1 is 1.15 bits per heavy atom. The highest BCUT2D eigenvalue weighted by Crippen LogP contribution is 2.32. The monoisotopic (exact) mass is 371 g/mol. The highest BCUT2D eigenvalue weighted by Gasteiger charge is 2.42. The van der Waals surface area contributed by atoms with Gasteiger partial charge in [-0.1, -0.05) is 12.1 Å². The van der Waals surface area contributed by atoms with Crippen LogP contribution in [0.2, 0.25) is 0 Å². The first-order valence-corrected chi connectivity index (χ1v) is 9.71. The molecular weight excluding hydrogens is 346 g/mol. The Morgan fingerprint density at radius 2 is 1.93 bits per heavy atom. The first-order valence-electron chi connectivity index (χ1n) is 9.71. The number of para-hydroxylation sites is 1. The van der Waals surface area contributed by atoms with E-state index in [1.165, 1.54) is 4.90 Å². The van der Waals surface area contributed by atoms with Gasteiger partial charge in [0.15, 0.2) is 0 Å². The van der Waals surface area contributed by atoms with Crippen molar-refractivity contribution in [1.29, 1.82) is 0 Å². The number of amides is 3. The Balaban J connectivity index is 1.51. The number of anilines is 1. The molecule has 3 heterocycles. The molecule has 0 aromatic heterocycles. The first kappa shape index (κ1) is 18.0. The summed E-state index contributed by atoms with van der Waals surface area (Å²) < 4.78 is 5.34. The molecule has 0 bridgehead atoms. The summed E-state index contributed by atoms with van der Waals surface area (Å²) in [6.45, 7) is 2.60. The van der Waals surface area contributed by atoms with Gasteiger partial charge in [0.25, 0.3) is 5.91 Å². The van der Waals surface area contributed by atoms with Crippen LogP contribution in [0.15, 0.2) is 24.3 Å². The van der Waals surface area contributed by atoms with E-state index in [9.17, 15) is 14.4 Å². The molecule has 3 amide bonds. The second-order valence-electron chi connectivity index (χ2n) is 7.46. The Hall–Kier alpha value is -2.41. The molecular formula is C20H25N3O4. The lowest BCUT2D eigenvalue weighted by Crippen LogP contribution is -2.48. The highest BCUT2D eigenvalue weighted by molar-refractivity contribution is 6.12. The maximum atomic E-state index is 13.1. The van der Waals surface area contributed by atoms with E-state index in [2.05, 4.69) is 5.32 Å². The zero-order valence-electron chi connectivity index (χ0n) is 15.4. The summed E-state index contributed by atoms with van der Waals surface area (Å²) in [7, 11) is 0. The summed E-state index contributed by atoms with van der Waals surface area (Å²) in [6.07, 6.45) is 3.35. The molecule has 0 aliphatic carbocycles. The molecule has 7 nitrogen and oxygen atoms in total. The molecule has 7 heteroatoms. The van der Waals surface area contributed by atoms with Crippen LogP contribution in [0, 0.1) is 5.92 Å². The summed E-state index contributed by atoms with van der Waals surface area (Å²) in [5.74, 6) is -0.0520. The van der Waals surface area contributed by atoms with Crippen LogP contribution in [0.4, 0.5) is 5.69 Å². The predicted octanol–water partition coefficient (Wildman–Crippen LogP) is 1.18. The van der Waals surface area contributed by atoms with Crippen LogP contribution in [0.25, 0.3) is 0 Å². The van der Waals surface area contributed by atoms with E-state index in [0.29, 0.717) is 36.7 Å². The van der Waals surface area contributed by atoms with Gasteiger partial charge in [-0.2, -0.15) is 0 Å². The normalized spacial score (nSPS) is 23.0. The van der Waals surface area contributed by atoms with Crippen molar-refractivity contribution in [3.8, 4) is 0 Å². The molecule has 144 valence electrons. The largest absolute Gasteiger partial charge is 0.381 e. The van der Waals surface area contributed by atoms with E-state index in [0.717, 1.165) is 32.5 Å². The fraction of sp³-hybridized carbons (Fsp3) is 0.550. The fourth-order valence-corrected chi connectivity index (χ4v) is 4.18. The molecule has 27 heavy (non-hydrogen) atoms. The van der Waals surface area contributed by atoms with Crippen LogP contribution in [0.1, 0.15) is 36.0 Å². The molecule has 0 unspecified atom stereocenters.